The quantitative estimate of drug-likeness (QED) is 0.895. The Balaban J connectivity index is 2.48. The molecule has 0 fully saturated rings. The van der Waals surface area contributed by atoms with Gasteiger partial charge < -0.3 is 5.11 Å². The second-order valence-electron chi connectivity index (χ2n) is 4.13. The van der Waals surface area contributed by atoms with Gasteiger partial charge in [0.15, 0.2) is 0 Å². The molecule has 1 heterocycles. The van der Waals surface area contributed by atoms with Gasteiger partial charge in [-0.15, -0.1) is 0 Å². The van der Waals surface area contributed by atoms with E-state index in [0.29, 0.717) is 11.4 Å². The van der Waals surface area contributed by atoms with Crippen molar-refractivity contribution < 1.29 is 5.11 Å². The van der Waals surface area contributed by atoms with Crippen LogP contribution < -0.4 is 11.2 Å². The normalized spacial score (nSPS) is 10.6. The van der Waals surface area contributed by atoms with Gasteiger partial charge in [-0.2, -0.15) is 0 Å². The van der Waals surface area contributed by atoms with Gasteiger partial charge in [0.25, 0.3) is 5.56 Å². The predicted molar refractivity (Wildman–Crippen MR) is 72.9 cm³/mol. The maximum Gasteiger partial charge on any atom is 0.331 e. The van der Waals surface area contributed by atoms with Crippen LogP contribution in [0.15, 0.2) is 33.9 Å². The van der Waals surface area contributed by atoms with Crippen molar-refractivity contribution in [3.63, 3.8) is 0 Å². The Kier molecular flexibility index (Phi) is 3.76. The third-order valence-electron chi connectivity index (χ3n) is 2.87. The first-order valence-electron chi connectivity index (χ1n) is 5.82. The third-order valence-corrected chi connectivity index (χ3v) is 3.12. The summed E-state index contributed by atoms with van der Waals surface area (Å²) in [5.74, 6) is -0.286. The molecule has 1 aromatic heterocycles. The van der Waals surface area contributed by atoms with E-state index in [1.807, 2.05) is 0 Å². The number of aromatic amines is 1. The van der Waals surface area contributed by atoms with E-state index >= 15 is 0 Å². The van der Waals surface area contributed by atoms with Crippen LogP contribution in [0.2, 0.25) is 5.02 Å². The van der Waals surface area contributed by atoms with Crippen LogP contribution in [0, 0.1) is 0 Å². The van der Waals surface area contributed by atoms with Crippen molar-refractivity contribution in [1.29, 1.82) is 0 Å². The maximum atomic E-state index is 11.7. The molecule has 1 aromatic carbocycles. The molecule has 0 spiro atoms. The van der Waals surface area contributed by atoms with E-state index in [9.17, 15) is 14.7 Å². The molecule has 2 N–H and O–H groups in total. The van der Waals surface area contributed by atoms with Crippen LogP contribution in [0.5, 0.6) is 5.88 Å². The van der Waals surface area contributed by atoms with Crippen LogP contribution in [0.25, 0.3) is 0 Å². The van der Waals surface area contributed by atoms with E-state index in [1.165, 1.54) is 0 Å². The molecule has 0 bridgehead atoms. The van der Waals surface area contributed by atoms with Gasteiger partial charge in [-0.05, 0) is 24.1 Å². The molecule has 2 aromatic rings. The zero-order chi connectivity index (χ0) is 14.0. The van der Waals surface area contributed by atoms with Crippen molar-refractivity contribution in [2.24, 2.45) is 0 Å². The number of H-pyrrole nitrogens is 1. The molecule has 0 aliphatic heterocycles. The van der Waals surface area contributed by atoms with Crippen LogP contribution in [-0.2, 0) is 13.0 Å². The number of hydrogen-bond donors (Lipinski definition) is 2. The Morgan fingerprint density at radius 3 is 2.47 bits per heavy atom. The highest BCUT2D eigenvalue weighted by atomic mass is 35.5. The first-order chi connectivity index (χ1) is 9.02. The number of rotatable bonds is 3. The summed E-state index contributed by atoms with van der Waals surface area (Å²) in [6, 6.07) is 6.91. The third kappa shape index (κ3) is 2.71. The summed E-state index contributed by atoms with van der Waals surface area (Å²) in [7, 11) is 0. The first-order valence-corrected chi connectivity index (χ1v) is 6.20. The summed E-state index contributed by atoms with van der Waals surface area (Å²) in [4.78, 5) is 25.4. The van der Waals surface area contributed by atoms with Gasteiger partial charge >= 0.3 is 5.69 Å². The van der Waals surface area contributed by atoms with Crippen molar-refractivity contribution in [3.8, 4) is 5.88 Å². The molecule has 0 saturated heterocycles. The fraction of sp³-hybridized carbons (Fsp3) is 0.231. The minimum absolute atomic E-state index is 0.172. The van der Waals surface area contributed by atoms with E-state index in [4.69, 9.17) is 11.6 Å². The molecule has 0 saturated carbocycles. The Morgan fingerprint density at radius 2 is 1.89 bits per heavy atom. The Labute approximate surface area is 114 Å². The van der Waals surface area contributed by atoms with Crippen LogP contribution >= 0.6 is 11.6 Å². The van der Waals surface area contributed by atoms with Crippen molar-refractivity contribution in [2.75, 3.05) is 0 Å². The number of benzene rings is 1. The van der Waals surface area contributed by atoms with Gasteiger partial charge in [-0.25, -0.2) is 4.79 Å². The van der Waals surface area contributed by atoms with Crippen molar-refractivity contribution in [2.45, 2.75) is 19.9 Å². The van der Waals surface area contributed by atoms with E-state index in [0.717, 1.165) is 10.1 Å². The first kappa shape index (κ1) is 13.4. The van der Waals surface area contributed by atoms with Crippen LogP contribution in [0.4, 0.5) is 0 Å². The Morgan fingerprint density at radius 1 is 1.26 bits per heavy atom. The fourth-order valence-electron chi connectivity index (χ4n) is 1.84. The summed E-state index contributed by atoms with van der Waals surface area (Å²) in [5, 5.41) is 10.6. The van der Waals surface area contributed by atoms with Crippen molar-refractivity contribution >= 4 is 11.6 Å². The highest BCUT2D eigenvalue weighted by molar-refractivity contribution is 6.30. The molecule has 6 heteroatoms. The zero-order valence-electron chi connectivity index (χ0n) is 10.3. The van der Waals surface area contributed by atoms with Gasteiger partial charge in [0.05, 0.1) is 12.1 Å². The molecule has 0 radical (unpaired) electrons. The molecule has 2 rings (SSSR count). The Bertz CT molecular complexity index is 701. The number of nitrogens with one attached hydrogen (secondary N) is 1. The summed E-state index contributed by atoms with van der Waals surface area (Å²) in [6.45, 7) is 1.91. The van der Waals surface area contributed by atoms with E-state index in [-0.39, 0.29) is 18.0 Å². The van der Waals surface area contributed by atoms with Gasteiger partial charge in [-0.3, -0.25) is 14.3 Å². The average molecular weight is 281 g/mol. The molecule has 19 heavy (non-hydrogen) atoms. The summed E-state index contributed by atoms with van der Waals surface area (Å²) in [6.07, 6.45) is 0.349. The van der Waals surface area contributed by atoms with Gasteiger partial charge in [-0.1, -0.05) is 30.7 Å². The SMILES string of the molecule is CCc1c(O)n(Cc2ccc(Cl)cc2)c(=O)[nH]c1=O. The molecular formula is C13H13ClN2O3. The maximum absolute atomic E-state index is 11.7. The number of hydrogen-bond acceptors (Lipinski definition) is 3. The minimum Gasteiger partial charge on any atom is -0.494 e. The number of aromatic hydroxyl groups is 1. The molecule has 0 aliphatic carbocycles. The summed E-state index contributed by atoms with van der Waals surface area (Å²) >= 11 is 5.78. The van der Waals surface area contributed by atoms with Crippen LogP contribution in [0.1, 0.15) is 18.1 Å². The van der Waals surface area contributed by atoms with E-state index in [2.05, 4.69) is 4.98 Å². The highest BCUT2D eigenvalue weighted by Gasteiger charge is 2.12. The van der Waals surface area contributed by atoms with Crippen LogP contribution in [-0.4, -0.2) is 14.7 Å². The van der Waals surface area contributed by atoms with Crippen molar-refractivity contribution in [3.05, 3.63) is 61.3 Å². The van der Waals surface area contributed by atoms with Crippen LogP contribution in [0.3, 0.4) is 0 Å². The lowest BCUT2D eigenvalue weighted by atomic mass is 10.2. The highest BCUT2D eigenvalue weighted by Crippen LogP contribution is 2.14. The molecule has 100 valence electrons. The topological polar surface area (TPSA) is 75.1 Å². The second kappa shape index (κ2) is 5.32. The number of nitrogens with zero attached hydrogens (tertiary/aromatic N) is 1. The monoisotopic (exact) mass is 280 g/mol. The summed E-state index contributed by atoms with van der Waals surface area (Å²) < 4.78 is 1.13. The molecule has 0 atom stereocenters. The number of aromatic nitrogens is 2. The largest absolute Gasteiger partial charge is 0.494 e. The molecule has 5 nitrogen and oxygen atoms in total. The van der Waals surface area contributed by atoms with Gasteiger partial charge in [0.2, 0.25) is 5.88 Å². The van der Waals surface area contributed by atoms with Gasteiger partial charge in [0.1, 0.15) is 0 Å². The average Bonchev–Trinajstić information content (AvgIpc) is 2.37. The molecule has 0 amide bonds. The second-order valence-corrected chi connectivity index (χ2v) is 4.56. The number of halogens is 1. The lowest BCUT2D eigenvalue weighted by Crippen LogP contribution is -2.32. The fourth-order valence-corrected chi connectivity index (χ4v) is 1.96. The standard InChI is InChI=1S/C13H13ClN2O3/c1-2-10-11(17)15-13(19)16(12(10)18)7-8-3-5-9(14)6-4-8/h3-6,18H,2,7H2,1H3,(H,15,17,19). The lowest BCUT2D eigenvalue weighted by Gasteiger charge is -2.10. The lowest BCUT2D eigenvalue weighted by molar-refractivity contribution is 0.402. The zero-order valence-corrected chi connectivity index (χ0v) is 11.1. The summed E-state index contributed by atoms with van der Waals surface area (Å²) in [5.41, 5.74) is -0.170. The molecule has 0 unspecified atom stereocenters. The van der Waals surface area contributed by atoms with E-state index < -0.39 is 11.2 Å². The van der Waals surface area contributed by atoms with Gasteiger partial charge in [0, 0.05) is 5.02 Å². The molecular weight excluding hydrogens is 268 g/mol. The smallest absolute Gasteiger partial charge is 0.331 e. The van der Waals surface area contributed by atoms with E-state index in [1.54, 1.807) is 31.2 Å². The predicted octanol–water partition coefficient (Wildman–Crippen LogP) is 1.51. The minimum atomic E-state index is -0.630. The molecule has 0 aliphatic rings. The van der Waals surface area contributed by atoms with Crippen molar-refractivity contribution in [1.82, 2.24) is 9.55 Å². The Hall–Kier alpha value is -2.01.